The molecule has 4 N–H and O–H groups in total. The van der Waals surface area contributed by atoms with Crippen molar-refractivity contribution in [3.63, 3.8) is 0 Å². The van der Waals surface area contributed by atoms with Crippen LogP contribution in [0.1, 0.15) is 33.1 Å². The first-order valence-electron chi connectivity index (χ1n) is 6.23. The van der Waals surface area contributed by atoms with Crippen molar-refractivity contribution in [1.82, 2.24) is 4.90 Å². The maximum Gasteiger partial charge on any atom is 0.0938 e. The van der Waals surface area contributed by atoms with Crippen molar-refractivity contribution < 1.29 is 10.2 Å². The SMILES string of the molecule is CC(C)(CN)CCCCN1CC(O)C(O)C1. The van der Waals surface area contributed by atoms with Crippen LogP contribution in [0.25, 0.3) is 0 Å². The second-order valence-electron chi connectivity index (χ2n) is 5.72. The summed E-state index contributed by atoms with van der Waals surface area (Å²) in [7, 11) is 0. The van der Waals surface area contributed by atoms with E-state index in [-0.39, 0.29) is 5.41 Å². The number of aliphatic hydroxyl groups excluding tert-OH is 2. The number of likely N-dealkylation sites (tertiary alicyclic amines) is 1. The molecule has 0 aliphatic carbocycles. The highest BCUT2D eigenvalue weighted by Crippen LogP contribution is 2.21. The van der Waals surface area contributed by atoms with Crippen LogP contribution in [0, 0.1) is 5.41 Å². The number of nitrogens with two attached hydrogens (primary N) is 1. The van der Waals surface area contributed by atoms with Gasteiger partial charge in [-0.15, -0.1) is 0 Å². The Morgan fingerprint density at radius 1 is 1.19 bits per heavy atom. The molecular weight excluding hydrogens is 204 g/mol. The molecule has 0 aromatic heterocycles. The van der Waals surface area contributed by atoms with E-state index in [1.165, 1.54) is 0 Å². The molecular formula is C12H26N2O2. The Bertz CT molecular complexity index is 199. The van der Waals surface area contributed by atoms with E-state index in [2.05, 4.69) is 18.7 Å². The fourth-order valence-electron chi connectivity index (χ4n) is 2.07. The van der Waals surface area contributed by atoms with Gasteiger partial charge in [-0.05, 0) is 31.3 Å². The quantitative estimate of drug-likeness (QED) is 0.569. The van der Waals surface area contributed by atoms with Gasteiger partial charge in [0.05, 0.1) is 12.2 Å². The number of β-amino-alcohol motifs (C(OH)–C–C–N with tert-alkyl or cyclic N) is 2. The van der Waals surface area contributed by atoms with E-state index in [1.54, 1.807) is 0 Å². The monoisotopic (exact) mass is 230 g/mol. The molecule has 1 saturated heterocycles. The Labute approximate surface area is 98.4 Å². The Morgan fingerprint density at radius 2 is 1.75 bits per heavy atom. The molecule has 0 bridgehead atoms. The summed E-state index contributed by atoms with van der Waals surface area (Å²) >= 11 is 0. The molecule has 0 spiro atoms. The zero-order valence-electron chi connectivity index (χ0n) is 10.5. The van der Waals surface area contributed by atoms with Crippen molar-refractivity contribution in [3.05, 3.63) is 0 Å². The van der Waals surface area contributed by atoms with Crippen molar-refractivity contribution in [2.45, 2.75) is 45.3 Å². The molecule has 2 unspecified atom stereocenters. The number of hydrogen-bond acceptors (Lipinski definition) is 4. The van der Waals surface area contributed by atoms with Gasteiger partial charge in [0.1, 0.15) is 0 Å². The Kier molecular flexibility index (Phi) is 5.18. The molecule has 4 nitrogen and oxygen atoms in total. The smallest absolute Gasteiger partial charge is 0.0938 e. The highest BCUT2D eigenvalue weighted by atomic mass is 16.3. The molecule has 1 rings (SSSR count). The molecule has 1 aliphatic rings. The molecule has 1 heterocycles. The molecule has 0 aromatic carbocycles. The molecule has 0 aromatic rings. The molecule has 2 atom stereocenters. The standard InChI is InChI=1S/C12H26N2O2/c1-12(2,9-13)5-3-4-6-14-7-10(15)11(16)8-14/h10-11,15-16H,3-9,13H2,1-2H3. The number of rotatable bonds is 6. The van der Waals surface area contributed by atoms with Crippen LogP contribution in [0.3, 0.4) is 0 Å². The predicted molar refractivity (Wildman–Crippen MR) is 65.1 cm³/mol. The number of nitrogens with zero attached hydrogens (tertiary/aromatic N) is 1. The summed E-state index contributed by atoms with van der Waals surface area (Å²) in [4.78, 5) is 2.13. The van der Waals surface area contributed by atoms with Gasteiger partial charge in [-0.25, -0.2) is 0 Å². The van der Waals surface area contributed by atoms with Gasteiger partial charge in [-0.1, -0.05) is 20.3 Å². The minimum absolute atomic E-state index is 0.240. The van der Waals surface area contributed by atoms with E-state index in [0.29, 0.717) is 13.1 Å². The molecule has 96 valence electrons. The van der Waals surface area contributed by atoms with Crippen molar-refractivity contribution in [3.8, 4) is 0 Å². The van der Waals surface area contributed by atoms with Gasteiger partial charge in [0.25, 0.3) is 0 Å². The number of aliphatic hydroxyl groups is 2. The minimum atomic E-state index is -0.555. The van der Waals surface area contributed by atoms with E-state index in [9.17, 15) is 10.2 Å². The lowest BCUT2D eigenvalue weighted by molar-refractivity contribution is 0.0572. The molecule has 0 saturated carbocycles. The zero-order valence-corrected chi connectivity index (χ0v) is 10.5. The van der Waals surface area contributed by atoms with Crippen LogP contribution in [-0.4, -0.2) is 53.5 Å². The lowest BCUT2D eigenvalue weighted by Crippen LogP contribution is -2.25. The van der Waals surface area contributed by atoms with E-state index >= 15 is 0 Å². The number of hydrogen-bond donors (Lipinski definition) is 3. The summed E-state index contributed by atoms with van der Waals surface area (Å²) in [6, 6.07) is 0. The van der Waals surface area contributed by atoms with Crippen molar-refractivity contribution in [2.75, 3.05) is 26.2 Å². The summed E-state index contributed by atoms with van der Waals surface area (Å²) in [5.41, 5.74) is 5.91. The zero-order chi connectivity index (χ0) is 12.2. The first-order valence-corrected chi connectivity index (χ1v) is 6.23. The Hall–Kier alpha value is -0.160. The maximum atomic E-state index is 9.38. The highest BCUT2D eigenvalue weighted by molar-refractivity contribution is 4.83. The van der Waals surface area contributed by atoms with Crippen LogP contribution in [0.15, 0.2) is 0 Å². The minimum Gasteiger partial charge on any atom is -0.389 e. The molecule has 4 heteroatoms. The predicted octanol–water partition coefficient (Wildman–Crippen LogP) is 0.179. The van der Waals surface area contributed by atoms with Gasteiger partial charge in [0.15, 0.2) is 0 Å². The van der Waals surface area contributed by atoms with Gasteiger partial charge in [-0.3, -0.25) is 4.90 Å². The number of unbranched alkanes of at least 4 members (excludes halogenated alkanes) is 1. The average molecular weight is 230 g/mol. The van der Waals surface area contributed by atoms with Crippen LogP contribution in [0.4, 0.5) is 0 Å². The summed E-state index contributed by atoms with van der Waals surface area (Å²) in [6.45, 7) is 7.30. The average Bonchev–Trinajstić information content (AvgIpc) is 2.54. The largest absolute Gasteiger partial charge is 0.389 e. The third-order valence-corrected chi connectivity index (χ3v) is 3.47. The van der Waals surface area contributed by atoms with Crippen molar-refractivity contribution in [2.24, 2.45) is 11.1 Å². The van der Waals surface area contributed by atoms with Crippen LogP contribution in [0.5, 0.6) is 0 Å². The summed E-state index contributed by atoms with van der Waals surface area (Å²) in [6.07, 6.45) is 2.30. The maximum absolute atomic E-state index is 9.38. The van der Waals surface area contributed by atoms with Crippen molar-refractivity contribution in [1.29, 1.82) is 0 Å². The normalized spacial score (nSPS) is 27.6. The van der Waals surface area contributed by atoms with Crippen LogP contribution >= 0.6 is 0 Å². The van der Waals surface area contributed by atoms with Crippen LogP contribution in [-0.2, 0) is 0 Å². The molecule has 0 amide bonds. The van der Waals surface area contributed by atoms with Gasteiger partial charge in [0, 0.05) is 13.1 Å². The lowest BCUT2D eigenvalue weighted by atomic mass is 9.87. The highest BCUT2D eigenvalue weighted by Gasteiger charge is 2.28. The second kappa shape index (κ2) is 5.96. The molecule has 1 fully saturated rings. The van der Waals surface area contributed by atoms with Crippen molar-refractivity contribution >= 4 is 0 Å². The van der Waals surface area contributed by atoms with Crippen LogP contribution < -0.4 is 5.73 Å². The van der Waals surface area contributed by atoms with E-state index < -0.39 is 12.2 Å². The summed E-state index contributed by atoms with van der Waals surface area (Å²) in [5, 5.41) is 18.8. The Morgan fingerprint density at radius 3 is 2.25 bits per heavy atom. The van der Waals surface area contributed by atoms with E-state index in [4.69, 9.17) is 5.73 Å². The van der Waals surface area contributed by atoms with Gasteiger partial charge < -0.3 is 15.9 Å². The summed E-state index contributed by atoms with van der Waals surface area (Å²) < 4.78 is 0. The molecule has 0 radical (unpaired) electrons. The Balaban J connectivity index is 2.08. The third-order valence-electron chi connectivity index (χ3n) is 3.47. The summed E-state index contributed by atoms with van der Waals surface area (Å²) in [5.74, 6) is 0. The van der Waals surface area contributed by atoms with Crippen LogP contribution in [0.2, 0.25) is 0 Å². The van der Waals surface area contributed by atoms with Gasteiger partial charge in [-0.2, -0.15) is 0 Å². The third kappa shape index (κ3) is 4.37. The lowest BCUT2D eigenvalue weighted by Gasteiger charge is -2.22. The topological polar surface area (TPSA) is 69.7 Å². The molecule has 16 heavy (non-hydrogen) atoms. The van der Waals surface area contributed by atoms with E-state index in [0.717, 1.165) is 32.4 Å². The fraction of sp³-hybridized carbons (Fsp3) is 1.00. The molecule has 1 aliphatic heterocycles. The fourth-order valence-corrected chi connectivity index (χ4v) is 2.07. The first-order chi connectivity index (χ1) is 7.44. The second-order valence-corrected chi connectivity index (χ2v) is 5.72. The van der Waals surface area contributed by atoms with Gasteiger partial charge >= 0.3 is 0 Å². The van der Waals surface area contributed by atoms with Gasteiger partial charge in [0.2, 0.25) is 0 Å². The first kappa shape index (κ1) is 13.9. The van der Waals surface area contributed by atoms with E-state index in [1.807, 2.05) is 0 Å².